The number of nitrogens with zero attached hydrogens (tertiary/aromatic N) is 2. The number of hydrogen-bond donors (Lipinski definition) is 1. The molecule has 0 radical (unpaired) electrons. The van der Waals surface area contributed by atoms with E-state index in [-0.39, 0.29) is 12.4 Å². The molecule has 0 aliphatic heterocycles. The van der Waals surface area contributed by atoms with E-state index in [2.05, 4.69) is 29.3 Å². The van der Waals surface area contributed by atoms with Crippen LogP contribution in [0.2, 0.25) is 0 Å². The van der Waals surface area contributed by atoms with Gasteiger partial charge in [0.2, 0.25) is 5.89 Å². The van der Waals surface area contributed by atoms with Crippen LogP contribution < -0.4 is 5.32 Å². The van der Waals surface area contributed by atoms with Gasteiger partial charge in [-0.3, -0.25) is 0 Å². The molecule has 2 rings (SSSR count). The van der Waals surface area contributed by atoms with Crippen LogP contribution in [0, 0.1) is 11.8 Å². The first kappa shape index (κ1) is 17.4. The quantitative estimate of drug-likeness (QED) is 0.875. The highest BCUT2D eigenvalue weighted by molar-refractivity contribution is 5.85. The molecule has 1 saturated carbocycles. The third-order valence-corrected chi connectivity index (χ3v) is 4.44. The van der Waals surface area contributed by atoms with Crippen molar-refractivity contribution in [1.29, 1.82) is 0 Å². The minimum atomic E-state index is 0. The molecule has 1 fully saturated rings. The van der Waals surface area contributed by atoms with Crippen LogP contribution in [0.25, 0.3) is 0 Å². The summed E-state index contributed by atoms with van der Waals surface area (Å²) in [5, 5.41) is 7.27. The van der Waals surface area contributed by atoms with Gasteiger partial charge in [0.15, 0.2) is 5.82 Å². The number of halogens is 1. The monoisotopic (exact) mass is 301 g/mol. The Morgan fingerprint density at radius 2 is 1.90 bits per heavy atom. The van der Waals surface area contributed by atoms with Crippen molar-refractivity contribution in [1.82, 2.24) is 15.5 Å². The summed E-state index contributed by atoms with van der Waals surface area (Å²) in [7, 11) is 1.96. The van der Waals surface area contributed by atoms with Crippen molar-refractivity contribution < 1.29 is 4.52 Å². The number of hydrogen-bond acceptors (Lipinski definition) is 4. The molecule has 0 amide bonds. The van der Waals surface area contributed by atoms with E-state index < -0.39 is 0 Å². The molecule has 0 saturated heterocycles. The van der Waals surface area contributed by atoms with Crippen LogP contribution in [0.1, 0.15) is 57.7 Å². The fourth-order valence-corrected chi connectivity index (χ4v) is 2.98. The first-order valence-electron chi connectivity index (χ1n) is 7.67. The van der Waals surface area contributed by atoms with E-state index in [4.69, 9.17) is 4.52 Å². The van der Waals surface area contributed by atoms with E-state index in [1.165, 1.54) is 32.1 Å². The molecule has 0 bridgehead atoms. The van der Waals surface area contributed by atoms with Crippen LogP contribution in [-0.4, -0.2) is 23.2 Å². The second-order valence-electron chi connectivity index (χ2n) is 6.08. The van der Waals surface area contributed by atoms with E-state index >= 15 is 0 Å². The van der Waals surface area contributed by atoms with Crippen molar-refractivity contribution in [2.45, 2.75) is 64.8 Å². The third kappa shape index (κ3) is 5.06. The molecule has 1 N–H and O–H groups in total. The van der Waals surface area contributed by atoms with E-state index in [0.29, 0.717) is 12.0 Å². The normalized spacial score (nSPS) is 19.4. The van der Waals surface area contributed by atoms with E-state index in [0.717, 1.165) is 30.5 Å². The Morgan fingerprint density at radius 1 is 1.20 bits per heavy atom. The Balaban J connectivity index is 0.00000200. The molecule has 1 heterocycles. The Labute approximate surface area is 128 Å². The summed E-state index contributed by atoms with van der Waals surface area (Å²) in [5.41, 5.74) is 0. The molecule has 4 nitrogen and oxygen atoms in total. The summed E-state index contributed by atoms with van der Waals surface area (Å²) >= 11 is 0. The van der Waals surface area contributed by atoms with Crippen LogP contribution in [0.5, 0.6) is 0 Å². The number of aromatic nitrogens is 2. The SMILES string of the molecule is CNC(C)Cc1noc(CC(C)C2CCCCC2)n1.Cl. The molecule has 1 aliphatic carbocycles. The molecule has 2 atom stereocenters. The largest absolute Gasteiger partial charge is 0.339 e. The maximum absolute atomic E-state index is 5.38. The molecule has 1 aromatic heterocycles. The third-order valence-electron chi connectivity index (χ3n) is 4.44. The second-order valence-corrected chi connectivity index (χ2v) is 6.08. The number of likely N-dealkylation sites (N-methyl/N-ethyl adjacent to an activating group) is 1. The van der Waals surface area contributed by atoms with Gasteiger partial charge in [-0.1, -0.05) is 44.2 Å². The van der Waals surface area contributed by atoms with Gasteiger partial charge in [0.25, 0.3) is 0 Å². The molecule has 0 spiro atoms. The van der Waals surface area contributed by atoms with Crippen molar-refractivity contribution in [3.63, 3.8) is 0 Å². The van der Waals surface area contributed by atoms with Crippen LogP contribution >= 0.6 is 12.4 Å². The average Bonchev–Trinajstić information content (AvgIpc) is 2.86. The first-order chi connectivity index (χ1) is 9.19. The Kier molecular flexibility index (Phi) is 7.52. The minimum Gasteiger partial charge on any atom is -0.339 e. The van der Waals surface area contributed by atoms with Crippen molar-refractivity contribution >= 4 is 12.4 Å². The molecule has 1 aliphatic rings. The zero-order valence-electron chi connectivity index (χ0n) is 12.9. The lowest BCUT2D eigenvalue weighted by Gasteiger charge is -2.26. The molecule has 116 valence electrons. The van der Waals surface area contributed by atoms with Gasteiger partial charge in [-0.2, -0.15) is 4.98 Å². The lowest BCUT2D eigenvalue weighted by molar-refractivity contribution is 0.243. The van der Waals surface area contributed by atoms with Gasteiger partial charge < -0.3 is 9.84 Å². The molecule has 2 unspecified atom stereocenters. The fraction of sp³-hybridized carbons (Fsp3) is 0.867. The van der Waals surface area contributed by atoms with Gasteiger partial charge in [-0.15, -0.1) is 12.4 Å². The maximum Gasteiger partial charge on any atom is 0.226 e. The highest BCUT2D eigenvalue weighted by Gasteiger charge is 2.22. The van der Waals surface area contributed by atoms with Crippen molar-refractivity contribution in [3.05, 3.63) is 11.7 Å². The average molecular weight is 302 g/mol. The number of nitrogens with one attached hydrogen (secondary N) is 1. The second kappa shape index (κ2) is 8.63. The molecule has 20 heavy (non-hydrogen) atoms. The van der Waals surface area contributed by atoms with E-state index in [1.807, 2.05) is 7.05 Å². The molecule has 0 aromatic carbocycles. The Hall–Kier alpha value is -0.610. The first-order valence-corrected chi connectivity index (χ1v) is 7.67. The number of rotatable bonds is 6. The lowest BCUT2D eigenvalue weighted by Crippen LogP contribution is -2.24. The zero-order valence-corrected chi connectivity index (χ0v) is 13.7. The Bertz CT molecular complexity index is 377. The molecular formula is C15H28ClN3O. The van der Waals surface area contributed by atoms with Gasteiger partial charge in [-0.05, 0) is 25.8 Å². The summed E-state index contributed by atoms with van der Waals surface area (Å²) in [6, 6.07) is 0.390. The molecule has 5 heteroatoms. The smallest absolute Gasteiger partial charge is 0.226 e. The standard InChI is InChI=1S/C15H27N3O.ClH/c1-11(13-7-5-4-6-8-13)9-15-17-14(18-19-15)10-12(2)16-3;/h11-13,16H,4-10H2,1-3H3;1H. The van der Waals surface area contributed by atoms with Crippen LogP contribution in [0.15, 0.2) is 4.52 Å². The fourth-order valence-electron chi connectivity index (χ4n) is 2.98. The van der Waals surface area contributed by atoms with Crippen molar-refractivity contribution in [3.8, 4) is 0 Å². The van der Waals surface area contributed by atoms with Gasteiger partial charge in [0.1, 0.15) is 0 Å². The van der Waals surface area contributed by atoms with Gasteiger partial charge >= 0.3 is 0 Å². The molecule has 1 aromatic rings. The highest BCUT2D eigenvalue weighted by Crippen LogP contribution is 2.31. The topological polar surface area (TPSA) is 51.0 Å². The van der Waals surface area contributed by atoms with Crippen molar-refractivity contribution in [2.24, 2.45) is 11.8 Å². The van der Waals surface area contributed by atoms with Gasteiger partial charge in [0.05, 0.1) is 0 Å². The predicted octanol–water partition coefficient (Wildman–Crippen LogP) is 3.40. The molecular weight excluding hydrogens is 274 g/mol. The van der Waals surface area contributed by atoms with E-state index in [1.54, 1.807) is 0 Å². The van der Waals surface area contributed by atoms with Crippen LogP contribution in [0.4, 0.5) is 0 Å². The summed E-state index contributed by atoms with van der Waals surface area (Å²) in [4.78, 5) is 4.52. The Morgan fingerprint density at radius 3 is 2.55 bits per heavy atom. The zero-order chi connectivity index (χ0) is 13.7. The highest BCUT2D eigenvalue weighted by atomic mass is 35.5. The van der Waals surface area contributed by atoms with E-state index in [9.17, 15) is 0 Å². The van der Waals surface area contributed by atoms with Gasteiger partial charge in [-0.25, -0.2) is 0 Å². The van der Waals surface area contributed by atoms with Crippen LogP contribution in [-0.2, 0) is 12.8 Å². The van der Waals surface area contributed by atoms with Gasteiger partial charge in [0, 0.05) is 18.9 Å². The van der Waals surface area contributed by atoms with Crippen LogP contribution in [0.3, 0.4) is 0 Å². The maximum atomic E-state index is 5.38. The van der Waals surface area contributed by atoms with Crippen molar-refractivity contribution in [2.75, 3.05) is 7.05 Å². The summed E-state index contributed by atoms with van der Waals surface area (Å²) in [6.07, 6.45) is 8.71. The predicted molar refractivity (Wildman–Crippen MR) is 83.2 cm³/mol. The summed E-state index contributed by atoms with van der Waals surface area (Å²) in [5.74, 6) is 3.15. The summed E-state index contributed by atoms with van der Waals surface area (Å²) in [6.45, 7) is 4.46. The minimum absolute atomic E-state index is 0. The lowest BCUT2D eigenvalue weighted by atomic mass is 9.79. The summed E-state index contributed by atoms with van der Waals surface area (Å²) < 4.78 is 5.38.